The van der Waals surface area contributed by atoms with Crippen LogP contribution < -0.4 is 4.90 Å². The molecule has 172 valence electrons. The van der Waals surface area contributed by atoms with Crippen molar-refractivity contribution >= 4 is 47.0 Å². The van der Waals surface area contributed by atoms with E-state index < -0.39 is 16.9 Å². The molecule has 1 aliphatic carbocycles. The average Bonchev–Trinajstić information content (AvgIpc) is 3.04. The highest BCUT2D eigenvalue weighted by molar-refractivity contribution is 6.31. The molecule has 1 fully saturated rings. The van der Waals surface area contributed by atoms with E-state index in [0.29, 0.717) is 18.1 Å². The monoisotopic (exact) mass is 505 g/mol. The third kappa shape index (κ3) is 3.99. The molecule has 2 aliphatic heterocycles. The molecular formula is C22H21Cl3F3N3O. The van der Waals surface area contributed by atoms with Crippen LogP contribution in [-0.4, -0.2) is 53.3 Å². The smallest absolute Gasteiger partial charge is 0.394 e. The molecule has 5 rings (SSSR count). The van der Waals surface area contributed by atoms with E-state index in [4.69, 9.17) is 23.2 Å². The minimum absolute atomic E-state index is 0. The maximum atomic E-state index is 13.1. The first-order chi connectivity index (χ1) is 14.8. The van der Waals surface area contributed by atoms with Crippen LogP contribution in [0.5, 0.6) is 0 Å². The molecule has 1 aromatic heterocycles. The molecule has 1 saturated heterocycles. The lowest BCUT2D eigenvalue weighted by Gasteiger charge is -2.50. The van der Waals surface area contributed by atoms with Crippen LogP contribution in [0.15, 0.2) is 35.9 Å². The molecule has 1 unspecified atom stereocenters. The van der Waals surface area contributed by atoms with Gasteiger partial charge >= 0.3 is 6.18 Å². The molecular weight excluding hydrogens is 486 g/mol. The van der Waals surface area contributed by atoms with Gasteiger partial charge in [0.05, 0.1) is 17.7 Å². The van der Waals surface area contributed by atoms with Gasteiger partial charge in [0, 0.05) is 30.7 Å². The molecule has 2 aromatic rings. The summed E-state index contributed by atoms with van der Waals surface area (Å²) >= 11 is 11.9. The van der Waals surface area contributed by atoms with E-state index >= 15 is 0 Å². The van der Waals surface area contributed by atoms with Gasteiger partial charge in [-0.1, -0.05) is 29.3 Å². The van der Waals surface area contributed by atoms with Crippen LogP contribution in [0, 0.1) is 0 Å². The summed E-state index contributed by atoms with van der Waals surface area (Å²) in [6.45, 7) is 1.92. The summed E-state index contributed by atoms with van der Waals surface area (Å²) in [5.41, 5.74) is 3.86. The lowest BCUT2D eigenvalue weighted by Crippen LogP contribution is -2.64. The van der Waals surface area contributed by atoms with Gasteiger partial charge in [0.1, 0.15) is 5.82 Å². The fourth-order valence-corrected chi connectivity index (χ4v) is 5.38. The van der Waals surface area contributed by atoms with E-state index in [2.05, 4.69) is 9.88 Å². The Bertz CT molecular complexity index is 1070. The van der Waals surface area contributed by atoms with Crippen LogP contribution in [0.4, 0.5) is 19.0 Å². The number of benzene rings is 1. The second-order valence-corrected chi connectivity index (χ2v) is 9.07. The van der Waals surface area contributed by atoms with Crippen molar-refractivity contribution in [3.05, 3.63) is 62.8 Å². The Hall–Kier alpha value is -1.51. The summed E-state index contributed by atoms with van der Waals surface area (Å²) in [4.78, 5) is 7.85. The van der Waals surface area contributed by atoms with Gasteiger partial charge < -0.3 is 10.0 Å². The van der Waals surface area contributed by atoms with Crippen molar-refractivity contribution in [1.82, 2.24) is 9.88 Å². The highest BCUT2D eigenvalue weighted by Gasteiger charge is 2.42. The van der Waals surface area contributed by atoms with Crippen molar-refractivity contribution in [3.63, 3.8) is 0 Å². The summed E-state index contributed by atoms with van der Waals surface area (Å²) in [6, 6.07) is 8.75. The Morgan fingerprint density at radius 1 is 1.12 bits per heavy atom. The Morgan fingerprint density at radius 2 is 1.88 bits per heavy atom. The van der Waals surface area contributed by atoms with Crippen LogP contribution in [0.25, 0.3) is 5.57 Å². The quantitative estimate of drug-likeness (QED) is 0.629. The third-order valence-corrected chi connectivity index (χ3v) is 7.06. The van der Waals surface area contributed by atoms with Gasteiger partial charge in [-0.2, -0.15) is 13.2 Å². The van der Waals surface area contributed by atoms with E-state index in [1.807, 2.05) is 23.1 Å². The number of anilines is 1. The first-order valence-corrected chi connectivity index (χ1v) is 10.9. The van der Waals surface area contributed by atoms with Crippen LogP contribution in [0.3, 0.4) is 0 Å². The number of hydrogen-bond donors (Lipinski definition) is 1. The highest BCUT2D eigenvalue weighted by Crippen LogP contribution is 2.43. The normalized spacial score (nSPS) is 21.2. The Kier molecular flexibility index (Phi) is 6.42. The van der Waals surface area contributed by atoms with E-state index in [0.717, 1.165) is 19.4 Å². The zero-order chi connectivity index (χ0) is 21.9. The second kappa shape index (κ2) is 8.69. The number of halogens is 6. The molecule has 1 aromatic carbocycles. The van der Waals surface area contributed by atoms with Crippen molar-refractivity contribution in [1.29, 1.82) is 0 Å². The summed E-state index contributed by atoms with van der Waals surface area (Å²) < 4.78 is 39.4. The van der Waals surface area contributed by atoms with Gasteiger partial charge in [0.25, 0.3) is 0 Å². The molecule has 3 heterocycles. The van der Waals surface area contributed by atoms with E-state index in [1.54, 1.807) is 0 Å². The fourth-order valence-electron chi connectivity index (χ4n) is 4.99. The van der Waals surface area contributed by atoms with E-state index in [1.165, 1.54) is 34.4 Å². The molecule has 1 N–H and O–H groups in total. The van der Waals surface area contributed by atoms with Crippen LogP contribution in [0.2, 0.25) is 10.0 Å². The molecule has 1 atom stereocenters. The van der Waals surface area contributed by atoms with Crippen LogP contribution >= 0.6 is 35.6 Å². The van der Waals surface area contributed by atoms with Crippen molar-refractivity contribution in [2.75, 3.05) is 31.1 Å². The number of alkyl halides is 3. The number of pyridine rings is 1. The summed E-state index contributed by atoms with van der Waals surface area (Å²) in [5, 5.41) is 10.5. The number of aromatic nitrogens is 1. The number of fused-ring (bicyclic) bond motifs is 2. The summed E-state index contributed by atoms with van der Waals surface area (Å²) in [7, 11) is 0. The average molecular weight is 507 g/mol. The number of rotatable bonds is 3. The van der Waals surface area contributed by atoms with Crippen LogP contribution in [0.1, 0.15) is 23.2 Å². The molecule has 0 saturated carbocycles. The van der Waals surface area contributed by atoms with Gasteiger partial charge in [0.2, 0.25) is 0 Å². The molecule has 3 aliphatic rings. The van der Waals surface area contributed by atoms with Gasteiger partial charge in [-0.25, -0.2) is 4.98 Å². The maximum Gasteiger partial charge on any atom is 0.434 e. The predicted octanol–water partition coefficient (Wildman–Crippen LogP) is 5.09. The Morgan fingerprint density at radius 3 is 2.56 bits per heavy atom. The van der Waals surface area contributed by atoms with Crippen molar-refractivity contribution in [3.8, 4) is 0 Å². The Balaban J connectivity index is 0.00000245. The van der Waals surface area contributed by atoms with E-state index in [9.17, 15) is 18.3 Å². The topological polar surface area (TPSA) is 39.6 Å². The van der Waals surface area contributed by atoms with E-state index in [-0.39, 0.29) is 36.9 Å². The van der Waals surface area contributed by atoms with Crippen LogP contribution in [-0.2, 0) is 12.6 Å². The number of aliphatic hydroxyl groups is 1. The van der Waals surface area contributed by atoms with Crippen molar-refractivity contribution < 1.29 is 18.3 Å². The van der Waals surface area contributed by atoms with Gasteiger partial charge in [0.15, 0.2) is 5.69 Å². The maximum absolute atomic E-state index is 13.1. The minimum Gasteiger partial charge on any atom is -0.394 e. The minimum atomic E-state index is -4.59. The Labute approximate surface area is 200 Å². The molecule has 0 spiro atoms. The van der Waals surface area contributed by atoms with Gasteiger partial charge in [-0.3, -0.25) is 4.90 Å². The zero-order valence-corrected chi connectivity index (χ0v) is 19.2. The third-order valence-electron chi connectivity index (χ3n) is 6.52. The number of hydrogen-bond acceptors (Lipinski definition) is 4. The second-order valence-electron chi connectivity index (χ2n) is 8.22. The SMILES string of the molecule is Cl.OCC1C2=C(CCN1C1CN(c3ccc(Cl)c(C(F)(F)F)n3)C1)c1cc(Cl)ccc1C2. The van der Waals surface area contributed by atoms with Gasteiger partial charge in [-0.15, -0.1) is 12.4 Å². The van der Waals surface area contributed by atoms with Gasteiger partial charge in [-0.05, 0) is 59.4 Å². The lowest BCUT2D eigenvalue weighted by atomic mass is 9.90. The standard InChI is InChI=1S/C22H20Cl2F3N3O.ClH/c23-13-2-1-12-7-17-15(16(12)8-13)5-6-30(19(17)11-31)14-9-29(10-14)20-4-3-18(24)21(28-20)22(25,26)27;/h1-4,8,14,19,31H,5-7,9-11H2;1H. The summed E-state index contributed by atoms with van der Waals surface area (Å²) in [5.74, 6) is 0.272. The zero-order valence-electron chi connectivity index (χ0n) is 16.9. The van der Waals surface area contributed by atoms with Crippen molar-refractivity contribution in [2.24, 2.45) is 0 Å². The fraction of sp³-hybridized carbons (Fsp3) is 0.409. The lowest BCUT2D eigenvalue weighted by molar-refractivity contribution is -0.141. The molecule has 4 nitrogen and oxygen atoms in total. The summed E-state index contributed by atoms with van der Waals surface area (Å²) in [6.07, 6.45) is -2.92. The first-order valence-electron chi connectivity index (χ1n) is 10.1. The first kappa shape index (κ1) is 23.6. The number of nitrogens with zero attached hydrogens (tertiary/aromatic N) is 3. The predicted molar refractivity (Wildman–Crippen MR) is 122 cm³/mol. The molecule has 0 radical (unpaired) electrons. The molecule has 10 heteroatoms. The molecule has 0 bridgehead atoms. The highest BCUT2D eigenvalue weighted by atomic mass is 35.5. The number of aliphatic hydroxyl groups excluding tert-OH is 1. The van der Waals surface area contributed by atoms with Crippen molar-refractivity contribution in [2.45, 2.75) is 31.1 Å². The largest absolute Gasteiger partial charge is 0.434 e. The molecule has 32 heavy (non-hydrogen) atoms. The molecule has 0 amide bonds.